The zero-order valence-corrected chi connectivity index (χ0v) is 9.38. The van der Waals surface area contributed by atoms with Gasteiger partial charge in [-0.2, -0.15) is 0 Å². The normalized spacial score (nSPS) is 14.1. The van der Waals surface area contributed by atoms with Crippen LogP contribution < -0.4 is 5.32 Å². The zero-order chi connectivity index (χ0) is 10.3. The molecule has 3 heteroatoms. The molecule has 1 unspecified atom stereocenters. The lowest BCUT2D eigenvalue weighted by molar-refractivity contribution is 0.192. The topological polar surface area (TPSA) is 35.5 Å². The molecule has 0 amide bonds. The van der Waals surface area contributed by atoms with Gasteiger partial charge in [-0.05, 0) is 20.0 Å². The van der Waals surface area contributed by atoms with Crippen LogP contribution in [0.25, 0.3) is 0 Å². The number of nitrogens with zero attached hydrogens (tertiary/aromatic N) is 1. The third-order valence-corrected chi connectivity index (χ3v) is 1.93. The van der Waals surface area contributed by atoms with Crippen molar-refractivity contribution in [2.75, 3.05) is 26.7 Å². The van der Waals surface area contributed by atoms with Crippen LogP contribution in [0.2, 0.25) is 0 Å². The molecular weight excluding hydrogens is 164 g/mol. The molecule has 0 saturated carbocycles. The lowest BCUT2D eigenvalue weighted by Gasteiger charge is -2.24. The minimum absolute atomic E-state index is 0.205. The number of likely N-dealkylation sites (N-methyl/N-ethyl adjacent to an activating group) is 1. The second kappa shape index (κ2) is 7.30. The Morgan fingerprint density at radius 1 is 1.38 bits per heavy atom. The fraction of sp³-hybridized carbons (Fsp3) is 1.00. The lowest BCUT2D eigenvalue weighted by Crippen LogP contribution is -2.45. The van der Waals surface area contributed by atoms with Crippen molar-refractivity contribution in [1.29, 1.82) is 0 Å². The molecule has 0 aliphatic carbocycles. The maximum atomic E-state index is 9.10. The smallest absolute Gasteiger partial charge is 0.0597 e. The van der Waals surface area contributed by atoms with Crippen LogP contribution in [0, 0.1) is 0 Å². The van der Waals surface area contributed by atoms with E-state index < -0.39 is 0 Å². The summed E-state index contributed by atoms with van der Waals surface area (Å²) in [4.78, 5) is 2.25. The first-order valence-corrected chi connectivity index (χ1v) is 5.15. The van der Waals surface area contributed by atoms with Crippen LogP contribution in [0.15, 0.2) is 0 Å². The fourth-order valence-electron chi connectivity index (χ4n) is 1.48. The van der Waals surface area contributed by atoms with E-state index >= 15 is 0 Å². The Morgan fingerprint density at radius 3 is 2.38 bits per heavy atom. The van der Waals surface area contributed by atoms with Crippen LogP contribution in [0.4, 0.5) is 0 Å². The summed E-state index contributed by atoms with van der Waals surface area (Å²) < 4.78 is 0. The second-order valence-electron chi connectivity index (χ2n) is 3.96. The Balaban J connectivity index is 3.69. The van der Waals surface area contributed by atoms with E-state index in [-0.39, 0.29) is 12.6 Å². The molecule has 0 aromatic heterocycles. The van der Waals surface area contributed by atoms with Gasteiger partial charge in [0, 0.05) is 18.6 Å². The monoisotopic (exact) mass is 188 g/mol. The summed E-state index contributed by atoms with van der Waals surface area (Å²) in [5, 5.41) is 12.4. The van der Waals surface area contributed by atoms with E-state index in [1.165, 1.54) is 0 Å². The molecule has 0 aliphatic heterocycles. The van der Waals surface area contributed by atoms with E-state index in [4.69, 9.17) is 5.11 Å². The number of aliphatic hydroxyl groups excluding tert-OH is 1. The van der Waals surface area contributed by atoms with Crippen molar-refractivity contribution in [3.8, 4) is 0 Å². The number of aliphatic hydroxyl groups is 1. The zero-order valence-electron chi connectivity index (χ0n) is 9.38. The van der Waals surface area contributed by atoms with E-state index in [1.807, 2.05) is 0 Å². The second-order valence-corrected chi connectivity index (χ2v) is 3.96. The third-order valence-electron chi connectivity index (χ3n) is 1.93. The van der Waals surface area contributed by atoms with Crippen molar-refractivity contribution in [3.05, 3.63) is 0 Å². The highest BCUT2D eigenvalue weighted by atomic mass is 16.3. The molecule has 0 bridgehead atoms. The number of nitrogens with one attached hydrogen (secondary N) is 1. The van der Waals surface area contributed by atoms with Gasteiger partial charge < -0.3 is 15.3 Å². The van der Waals surface area contributed by atoms with Crippen molar-refractivity contribution in [3.63, 3.8) is 0 Å². The summed E-state index contributed by atoms with van der Waals surface area (Å²) >= 11 is 0. The van der Waals surface area contributed by atoms with Crippen molar-refractivity contribution >= 4 is 0 Å². The minimum Gasteiger partial charge on any atom is -0.395 e. The summed E-state index contributed by atoms with van der Waals surface area (Å²) in [6.45, 7) is 8.59. The van der Waals surface area contributed by atoms with Crippen LogP contribution in [0.3, 0.4) is 0 Å². The molecule has 0 saturated heterocycles. The van der Waals surface area contributed by atoms with Gasteiger partial charge in [-0.3, -0.25) is 0 Å². The molecule has 0 rings (SSSR count). The van der Waals surface area contributed by atoms with Gasteiger partial charge in [0.1, 0.15) is 0 Å². The standard InChI is InChI=1S/C10H24N2O/c1-5-6-12(4)7-10(8-13)11-9(2)3/h9-11,13H,5-8H2,1-4H3. The van der Waals surface area contributed by atoms with Crippen LogP contribution in [0.5, 0.6) is 0 Å². The molecule has 0 heterocycles. The molecule has 0 radical (unpaired) electrons. The Kier molecular flexibility index (Phi) is 7.23. The van der Waals surface area contributed by atoms with Gasteiger partial charge in [0.05, 0.1) is 6.61 Å². The highest BCUT2D eigenvalue weighted by Gasteiger charge is 2.10. The van der Waals surface area contributed by atoms with Gasteiger partial charge in [-0.25, -0.2) is 0 Å². The summed E-state index contributed by atoms with van der Waals surface area (Å²) in [5.41, 5.74) is 0. The van der Waals surface area contributed by atoms with E-state index in [1.54, 1.807) is 0 Å². The SMILES string of the molecule is CCCN(C)CC(CO)NC(C)C. The van der Waals surface area contributed by atoms with Crippen LogP contribution in [0.1, 0.15) is 27.2 Å². The maximum Gasteiger partial charge on any atom is 0.0597 e. The van der Waals surface area contributed by atoms with E-state index in [0.29, 0.717) is 6.04 Å². The molecule has 0 aliphatic rings. The van der Waals surface area contributed by atoms with Gasteiger partial charge in [-0.15, -0.1) is 0 Å². The minimum atomic E-state index is 0.205. The van der Waals surface area contributed by atoms with Gasteiger partial charge in [-0.1, -0.05) is 20.8 Å². The van der Waals surface area contributed by atoms with Gasteiger partial charge in [0.2, 0.25) is 0 Å². The molecule has 0 fully saturated rings. The summed E-state index contributed by atoms with van der Waals surface area (Å²) in [6, 6.07) is 0.642. The number of hydrogen-bond acceptors (Lipinski definition) is 3. The average Bonchev–Trinajstić information content (AvgIpc) is 2.02. The van der Waals surface area contributed by atoms with E-state index in [0.717, 1.165) is 19.5 Å². The van der Waals surface area contributed by atoms with E-state index in [2.05, 4.69) is 38.0 Å². The highest BCUT2D eigenvalue weighted by molar-refractivity contribution is 4.71. The molecule has 0 spiro atoms. The average molecular weight is 188 g/mol. The quantitative estimate of drug-likeness (QED) is 0.617. The Labute approximate surface area is 82.1 Å². The highest BCUT2D eigenvalue weighted by Crippen LogP contribution is 1.92. The van der Waals surface area contributed by atoms with Crippen LogP contribution >= 0.6 is 0 Å². The maximum absolute atomic E-state index is 9.10. The summed E-state index contributed by atoms with van der Waals surface area (Å²) in [7, 11) is 2.09. The van der Waals surface area contributed by atoms with Gasteiger partial charge in [0.15, 0.2) is 0 Å². The van der Waals surface area contributed by atoms with Crippen molar-refractivity contribution < 1.29 is 5.11 Å². The van der Waals surface area contributed by atoms with Gasteiger partial charge in [0.25, 0.3) is 0 Å². The van der Waals surface area contributed by atoms with Crippen molar-refractivity contribution in [2.45, 2.75) is 39.3 Å². The number of rotatable bonds is 7. The van der Waals surface area contributed by atoms with Crippen molar-refractivity contribution in [2.24, 2.45) is 0 Å². The Bertz CT molecular complexity index is 117. The van der Waals surface area contributed by atoms with Crippen LogP contribution in [-0.2, 0) is 0 Å². The van der Waals surface area contributed by atoms with Crippen molar-refractivity contribution in [1.82, 2.24) is 10.2 Å². The third kappa shape index (κ3) is 6.99. The Hall–Kier alpha value is -0.120. The molecular formula is C10H24N2O. The molecule has 1 atom stereocenters. The molecule has 0 aromatic carbocycles. The molecule has 2 N–H and O–H groups in total. The lowest BCUT2D eigenvalue weighted by atomic mass is 10.2. The van der Waals surface area contributed by atoms with Gasteiger partial charge >= 0.3 is 0 Å². The molecule has 0 aromatic rings. The summed E-state index contributed by atoms with van der Waals surface area (Å²) in [5.74, 6) is 0. The first-order valence-electron chi connectivity index (χ1n) is 5.15. The first kappa shape index (κ1) is 12.9. The molecule has 80 valence electrons. The predicted octanol–water partition coefficient (Wildman–Crippen LogP) is 0.687. The Morgan fingerprint density at radius 2 is 2.00 bits per heavy atom. The number of hydrogen-bond donors (Lipinski definition) is 2. The molecule has 3 nitrogen and oxygen atoms in total. The fourth-order valence-corrected chi connectivity index (χ4v) is 1.48. The van der Waals surface area contributed by atoms with E-state index in [9.17, 15) is 0 Å². The largest absolute Gasteiger partial charge is 0.395 e. The molecule has 13 heavy (non-hydrogen) atoms. The van der Waals surface area contributed by atoms with Crippen LogP contribution in [-0.4, -0.2) is 48.8 Å². The summed E-state index contributed by atoms with van der Waals surface area (Å²) in [6.07, 6.45) is 1.16. The first-order chi connectivity index (χ1) is 6.10. The predicted molar refractivity (Wildman–Crippen MR) is 56.9 cm³/mol.